The molecule has 2 atom stereocenters. The number of aryl methyl sites for hydroxylation is 1. The Bertz CT molecular complexity index is 930. The van der Waals surface area contributed by atoms with Crippen LogP contribution in [-0.4, -0.2) is 66.5 Å². The van der Waals surface area contributed by atoms with Crippen molar-refractivity contribution in [3.05, 3.63) is 23.4 Å². The van der Waals surface area contributed by atoms with Crippen LogP contribution in [0.2, 0.25) is 0 Å². The van der Waals surface area contributed by atoms with Gasteiger partial charge < -0.3 is 24.2 Å². The first-order valence-corrected chi connectivity index (χ1v) is 13.6. The maximum absolute atomic E-state index is 10.3. The van der Waals surface area contributed by atoms with Crippen molar-refractivity contribution in [3.63, 3.8) is 0 Å². The Hall–Kier alpha value is -1.63. The lowest BCUT2D eigenvalue weighted by atomic mass is 9.85. The number of ether oxygens (including phenoxy) is 1. The van der Waals surface area contributed by atoms with E-state index in [0.29, 0.717) is 5.92 Å². The monoisotopic (exact) mass is 469 g/mol. The summed E-state index contributed by atoms with van der Waals surface area (Å²) in [6.07, 6.45) is 11.8. The van der Waals surface area contributed by atoms with Crippen LogP contribution in [0.5, 0.6) is 5.75 Å². The van der Waals surface area contributed by atoms with Crippen LogP contribution >= 0.6 is 0 Å². The van der Waals surface area contributed by atoms with Crippen LogP contribution in [0.15, 0.2) is 16.7 Å². The predicted octanol–water partition coefficient (Wildman–Crippen LogP) is 4.87. The standard InChI is InChI=1S/C28H43N3O3/c1-30(2)18-24-27(33-19-21-7-8-21)12-10-23-25(29-34-28(23)24)11-9-20-13-15-31(16-14-20)17-22-5-3-4-6-26(22)32/h10,12,20-22,26,32H,3-9,11,13-19H2,1-2H3/t22-,26-/m0/s1. The highest BCUT2D eigenvalue weighted by atomic mass is 16.5. The molecular weight excluding hydrogens is 426 g/mol. The third-order valence-corrected chi connectivity index (χ3v) is 8.28. The van der Waals surface area contributed by atoms with Gasteiger partial charge in [-0.1, -0.05) is 18.0 Å². The minimum absolute atomic E-state index is 0.0797. The van der Waals surface area contributed by atoms with Crippen molar-refractivity contribution in [2.75, 3.05) is 40.3 Å². The molecule has 1 N–H and O–H groups in total. The normalized spacial score (nSPS) is 24.8. The second kappa shape index (κ2) is 11.0. The quantitative estimate of drug-likeness (QED) is 0.535. The van der Waals surface area contributed by atoms with Gasteiger partial charge in [0.05, 0.1) is 24.0 Å². The Labute approximate surface area is 204 Å². The van der Waals surface area contributed by atoms with E-state index in [9.17, 15) is 5.11 Å². The zero-order valence-electron chi connectivity index (χ0n) is 21.2. The van der Waals surface area contributed by atoms with Crippen molar-refractivity contribution in [2.24, 2.45) is 17.8 Å². The average molecular weight is 470 g/mol. The fraction of sp³-hybridized carbons (Fsp3) is 0.750. The Morgan fingerprint density at radius 1 is 1.06 bits per heavy atom. The van der Waals surface area contributed by atoms with Gasteiger partial charge in [-0.15, -0.1) is 0 Å². The van der Waals surface area contributed by atoms with E-state index >= 15 is 0 Å². The molecule has 0 bridgehead atoms. The van der Waals surface area contributed by atoms with Gasteiger partial charge in [-0.05, 0) is 108 Å². The van der Waals surface area contributed by atoms with Crippen molar-refractivity contribution >= 4 is 11.0 Å². The van der Waals surface area contributed by atoms with Crippen LogP contribution < -0.4 is 4.74 Å². The average Bonchev–Trinajstić information content (AvgIpc) is 3.57. The molecular formula is C28H43N3O3. The molecule has 0 spiro atoms. The van der Waals surface area contributed by atoms with Crippen molar-refractivity contribution in [1.29, 1.82) is 0 Å². The van der Waals surface area contributed by atoms with E-state index in [-0.39, 0.29) is 6.10 Å². The highest BCUT2D eigenvalue weighted by Gasteiger charge is 2.28. The van der Waals surface area contributed by atoms with Crippen LogP contribution in [0.4, 0.5) is 0 Å². The van der Waals surface area contributed by atoms with Gasteiger partial charge in [0.15, 0.2) is 5.58 Å². The molecule has 1 aliphatic heterocycles. The van der Waals surface area contributed by atoms with Crippen molar-refractivity contribution in [1.82, 2.24) is 15.0 Å². The minimum Gasteiger partial charge on any atom is -0.493 e. The molecule has 34 heavy (non-hydrogen) atoms. The Balaban J connectivity index is 1.16. The second-order valence-corrected chi connectivity index (χ2v) is 11.4. The maximum Gasteiger partial charge on any atom is 0.175 e. The second-order valence-electron chi connectivity index (χ2n) is 11.4. The molecule has 2 heterocycles. The summed E-state index contributed by atoms with van der Waals surface area (Å²) < 4.78 is 12.1. The van der Waals surface area contributed by atoms with Crippen LogP contribution in [0.25, 0.3) is 11.0 Å². The van der Waals surface area contributed by atoms with E-state index in [1.54, 1.807) is 0 Å². The zero-order valence-corrected chi connectivity index (χ0v) is 21.2. The largest absolute Gasteiger partial charge is 0.493 e. The smallest absolute Gasteiger partial charge is 0.175 e. The molecule has 0 unspecified atom stereocenters. The van der Waals surface area contributed by atoms with Gasteiger partial charge in [0, 0.05) is 18.5 Å². The summed E-state index contributed by atoms with van der Waals surface area (Å²) in [4.78, 5) is 4.76. The number of hydrogen-bond acceptors (Lipinski definition) is 6. The summed E-state index contributed by atoms with van der Waals surface area (Å²) in [6, 6.07) is 4.28. The lowest BCUT2D eigenvalue weighted by molar-refractivity contribution is 0.0380. The molecule has 1 saturated heterocycles. The first kappa shape index (κ1) is 24.1. The summed E-state index contributed by atoms with van der Waals surface area (Å²) in [7, 11) is 4.17. The summed E-state index contributed by atoms with van der Waals surface area (Å²) in [5, 5.41) is 16.0. The molecule has 2 aliphatic carbocycles. The van der Waals surface area contributed by atoms with Gasteiger partial charge in [0.2, 0.25) is 0 Å². The highest BCUT2D eigenvalue weighted by Crippen LogP contribution is 2.35. The van der Waals surface area contributed by atoms with Gasteiger partial charge in [-0.25, -0.2) is 0 Å². The van der Waals surface area contributed by atoms with E-state index in [4.69, 9.17) is 9.26 Å². The fourth-order valence-electron chi connectivity index (χ4n) is 5.90. The topological polar surface area (TPSA) is 62.0 Å². The molecule has 1 aromatic heterocycles. The third-order valence-electron chi connectivity index (χ3n) is 8.28. The molecule has 0 radical (unpaired) electrons. The van der Waals surface area contributed by atoms with Crippen molar-refractivity contribution in [3.8, 4) is 5.75 Å². The van der Waals surface area contributed by atoms with Crippen LogP contribution in [0, 0.1) is 17.8 Å². The van der Waals surface area contributed by atoms with Gasteiger partial charge >= 0.3 is 0 Å². The number of hydrogen-bond donors (Lipinski definition) is 1. The highest BCUT2D eigenvalue weighted by molar-refractivity contribution is 5.84. The summed E-state index contributed by atoms with van der Waals surface area (Å²) >= 11 is 0. The van der Waals surface area contributed by atoms with Gasteiger partial charge in [-0.3, -0.25) is 0 Å². The lowest BCUT2D eigenvalue weighted by Crippen LogP contribution is -2.41. The predicted molar refractivity (Wildman–Crippen MR) is 135 cm³/mol. The number of aromatic nitrogens is 1. The van der Waals surface area contributed by atoms with Crippen molar-refractivity contribution < 1.29 is 14.4 Å². The van der Waals surface area contributed by atoms with Crippen LogP contribution in [0.3, 0.4) is 0 Å². The Kier molecular flexibility index (Phi) is 7.77. The molecule has 0 amide bonds. The Morgan fingerprint density at radius 3 is 2.59 bits per heavy atom. The molecule has 3 fully saturated rings. The van der Waals surface area contributed by atoms with Gasteiger partial charge in [-0.2, -0.15) is 0 Å². The van der Waals surface area contributed by atoms with E-state index in [2.05, 4.69) is 41.2 Å². The number of aliphatic hydroxyl groups is 1. The van der Waals surface area contributed by atoms with E-state index in [0.717, 1.165) is 72.3 Å². The molecule has 2 saturated carbocycles. The zero-order chi connectivity index (χ0) is 23.5. The summed E-state index contributed by atoms with van der Waals surface area (Å²) in [5.74, 6) is 2.92. The Morgan fingerprint density at radius 2 is 1.85 bits per heavy atom. The van der Waals surface area contributed by atoms with Gasteiger partial charge in [0.25, 0.3) is 0 Å². The molecule has 6 nitrogen and oxygen atoms in total. The van der Waals surface area contributed by atoms with E-state index < -0.39 is 0 Å². The number of aliphatic hydroxyl groups excluding tert-OH is 1. The minimum atomic E-state index is -0.0797. The SMILES string of the molecule is CN(C)Cc1c(OCC2CC2)ccc2c(CCC3CCN(C[C@@H]4CCCC[C@@H]4O)CC3)noc12. The molecule has 5 rings (SSSR count). The van der Waals surface area contributed by atoms with E-state index in [1.807, 2.05) is 0 Å². The number of piperidine rings is 1. The molecule has 2 aromatic rings. The number of fused-ring (bicyclic) bond motifs is 1. The number of likely N-dealkylation sites (tertiary alicyclic amines) is 1. The lowest BCUT2D eigenvalue weighted by Gasteiger charge is -2.37. The molecule has 3 aliphatic rings. The summed E-state index contributed by atoms with van der Waals surface area (Å²) in [6.45, 7) is 5.03. The first-order chi connectivity index (χ1) is 16.6. The molecule has 1 aromatic carbocycles. The van der Waals surface area contributed by atoms with E-state index in [1.165, 1.54) is 64.5 Å². The van der Waals surface area contributed by atoms with Crippen LogP contribution in [0.1, 0.15) is 69.0 Å². The molecule has 188 valence electrons. The van der Waals surface area contributed by atoms with Crippen LogP contribution in [-0.2, 0) is 13.0 Å². The number of benzene rings is 1. The van der Waals surface area contributed by atoms with Crippen molar-refractivity contribution in [2.45, 2.75) is 76.9 Å². The fourth-order valence-corrected chi connectivity index (χ4v) is 5.90. The maximum atomic E-state index is 10.3. The first-order valence-electron chi connectivity index (χ1n) is 13.6. The summed E-state index contributed by atoms with van der Waals surface area (Å²) in [5.41, 5.74) is 3.12. The number of nitrogens with zero attached hydrogens (tertiary/aromatic N) is 3. The number of rotatable bonds is 10. The van der Waals surface area contributed by atoms with Gasteiger partial charge in [0.1, 0.15) is 5.75 Å². The molecule has 6 heteroatoms. The third kappa shape index (κ3) is 5.95.